The average molecular weight is 567 g/mol. The van der Waals surface area contributed by atoms with Gasteiger partial charge in [-0.15, -0.1) is 0 Å². The number of benzene rings is 2. The Bertz CT molecular complexity index is 1110. The summed E-state index contributed by atoms with van der Waals surface area (Å²) in [5.74, 6) is 1.11. The third-order valence-corrected chi connectivity index (χ3v) is 8.60. The zero-order valence-electron chi connectivity index (χ0n) is 24.8. The zero-order chi connectivity index (χ0) is 28.6. The number of hydrogen-bond donors (Lipinski definition) is 0. The number of fused-ring (bicyclic) bond motifs is 1. The summed E-state index contributed by atoms with van der Waals surface area (Å²) < 4.78 is 0. The van der Waals surface area contributed by atoms with Crippen molar-refractivity contribution in [1.82, 2.24) is 14.7 Å². The van der Waals surface area contributed by atoms with Crippen LogP contribution >= 0.6 is 11.6 Å². The Hall–Kier alpha value is -2.41. The molecule has 0 aromatic heterocycles. The van der Waals surface area contributed by atoms with E-state index in [0.717, 1.165) is 56.7 Å². The van der Waals surface area contributed by atoms with Crippen LogP contribution in [0.4, 0.5) is 5.69 Å². The van der Waals surface area contributed by atoms with Gasteiger partial charge in [-0.2, -0.15) is 0 Å². The minimum absolute atomic E-state index is 0.119. The Morgan fingerprint density at radius 3 is 2.27 bits per heavy atom. The van der Waals surface area contributed by atoms with Crippen molar-refractivity contribution in [1.29, 1.82) is 0 Å². The van der Waals surface area contributed by atoms with E-state index < -0.39 is 0 Å². The summed E-state index contributed by atoms with van der Waals surface area (Å²) >= 11 is 6.47. The molecule has 1 fully saturated rings. The van der Waals surface area contributed by atoms with E-state index in [9.17, 15) is 9.59 Å². The number of carbonyl (C=O) groups is 2. The molecule has 7 heteroatoms. The molecule has 2 aliphatic rings. The van der Waals surface area contributed by atoms with Crippen LogP contribution in [0, 0.1) is 5.92 Å². The summed E-state index contributed by atoms with van der Waals surface area (Å²) in [6.07, 6.45) is 3.51. The number of anilines is 1. The standard InChI is InChI=1S/C33H47ClN4O2/c1-25(2)21-32(39)38-16-8-15-36(26(3)4)19-20-37(23-29-11-12-30(34)22-31(29)38)33(40)24-35-17-13-28(14-18-35)27-9-6-5-7-10-27/h5-7,9-12,22,25-26,28H,8,13-21,23-24H2,1-4H3. The average Bonchev–Trinajstić information content (AvgIpc) is 2.96. The number of nitrogens with zero attached hydrogens (tertiary/aromatic N) is 4. The van der Waals surface area contributed by atoms with Crippen molar-refractivity contribution in [3.8, 4) is 0 Å². The molecular weight excluding hydrogens is 520 g/mol. The van der Waals surface area contributed by atoms with Gasteiger partial charge in [0.25, 0.3) is 0 Å². The Labute approximate surface area is 246 Å². The Kier molecular flexibility index (Phi) is 11.1. The molecule has 218 valence electrons. The molecule has 0 bridgehead atoms. The minimum Gasteiger partial charge on any atom is -0.336 e. The van der Waals surface area contributed by atoms with Gasteiger partial charge in [0.15, 0.2) is 0 Å². The highest BCUT2D eigenvalue weighted by Crippen LogP contribution is 2.30. The lowest BCUT2D eigenvalue weighted by atomic mass is 9.89. The lowest BCUT2D eigenvalue weighted by Gasteiger charge is -2.34. The molecule has 0 aliphatic carbocycles. The lowest BCUT2D eigenvalue weighted by Crippen LogP contribution is -2.46. The predicted octanol–water partition coefficient (Wildman–Crippen LogP) is 6.04. The van der Waals surface area contributed by atoms with Gasteiger partial charge in [-0.25, -0.2) is 0 Å². The Balaban J connectivity index is 1.53. The van der Waals surface area contributed by atoms with Crippen LogP contribution in [0.15, 0.2) is 48.5 Å². The van der Waals surface area contributed by atoms with Crippen molar-refractivity contribution >= 4 is 29.1 Å². The van der Waals surface area contributed by atoms with Crippen molar-refractivity contribution in [2.24, 2.45) is 5.92 Å². The monoisotopic (exact) mass is 566 g/mol. The van der Waals surface area contributed by atoms with Crippen LogP contribution < -0.4 is 4.90 Å². The first kappa shape index (κ1) is 30.5. The van der Waals surface area contributed by atoms with E-state index in [2.05, 4.69) is 67.8 Å². The van der Waals surface area contributed by atoms with Crippen LogP contribution in [-0.2, 0) is 16.1 Å². The third-order valence-electron chi connectivity index (χ3n) is 8.37. The molecule has 40 heavy (non-hydrogen) atoms. The number of rotatable bonds is 6. The first-order valence-corrected chi connectivity index (χ1v) is 15.5. The second kappa shape index (κ2) is 14.5. The van der Waals surface area contributed by atoms with E-state index in [1.165, 1.54) is 5.56 Å². The fraction of sp³-hybridized carbons (Fsp3) is 0.576. The summed E-state index contributed by atoms with van der Waals surface area (Å²) in [4.78, 5) is 35.9. The van der Waals surface area contributed by atoms with Gasteiger partial charge in [0.05, 0.1) is 12.2 Å². The van der Waals surface area contributed by atoms with Crippen molar-refractivity contribution in [2.45, 2.75) is 71.9 Å². The fourth-order valence-corrected chi connectivity index (χ4v) is 6.17. The second-order valence-corrected chi connectivity index (χ2v) is 12.6. The molecule has 2 aliphatic heterocycles. The van der Waals surface area contributed by atoms with E-state index >= 15 is 0 Å². The zero-order valence-corrected chi connectivity index (χ0v) is 25.6. The summed E-state index contributed by atoms with van der Waals surface area (Å²) in [5.41, 5.74) is 3.23. The van der Waals surface area contributed by atoms with Crippen LogP contribution in [0.3, 0.4) is 0 Å². The first-order valence-electron chi connectivity index (χ1n) is 15.1. The highest BCUT2D eigenvalue weighted by molar-refractivity contribution is 6.31. The van der Waals surface area contributed by atoms with E-state index in [-0.39, 0.29) is 17.7 Å². The van der Waals surface area contributed by atoms with Gasteiger partial charge in [0.1, 0.15) is 0 Å². The smallest absolute Gasteiger partial charge is 0.237 e. The number of amides is 2. The summed E-state index contributed by atoms with van der Waals surface area (Å²) in [7, 11) is 0. The van der Waals surface area contributed by atoms with Crippen LogP contribution in [0.25, 0.3) is 0 Å². The van der Waals surface area contributed by atoms with E-state index in [1.54, 1.807) is 0 Å². The first-order chi connectivity index (χ1) is 19.2. The molecule has 2 heterocycles. The molecule has 2 amide bonds. The Morgan fingerprint density at radius 2 is 1.60 bits per heavy atom. The van der Waals surface area contributed by atoms with Crippen molar-refractivity contribution < 1.29 is 9.59 Å². The van der Waals surface area contributed by atoms with E-state index in [1.807, 2.05) is 28.0 Å². The van der Waals surface area contributed by atoms with Crippen molar-refractivity contribution in [3.05, 3.63) is 64.7 Å². The molecule has 2 aromatic rings. The van der Waals surface area contributed by atoms with Crippen LogP contribution in [-0.4, -0.2) is 78.4 Å². The molecule has 0 radical (unpaired) electrons. The topological polar surface area (TPSA) is 47.1 Å². The summed E-state index contributed by atoms with van der Waals surface area (Å²) in [5, 5.41) is 0.610. The second-order valence-electron chi connectivity index (χ2n) is 12.2. The molecule has 2 aromatic carbocycles. The van der Waals surface area contributed by atoms with Crippen LogP contribution in [0.1, 0.15) is 70.4 Å². The van der Waals surface area contributed by atoms with Gasteiger partial charge >= 0.3 is 0 Å². The molecule has 0 saturated carbocycles. The molecule has 0 spiro atoms. The minimum atomic E-state index is 0.119. The van der Waals surface area contributed by atoms with Crippen LogP contribution in [0.5, 0.6) is 0 Å². The SMILES string of the molecule is CC(C)CC(=O)N1CCCN(C(C)C)CCN(C(=O)CN2CCC(c3ccccc3)CC2)Cc2ccc(Cl)cc21. The number of halogens is 1. The van der Waals surface area contributed by atoms with Gasteiger partial charge in [-0.05, 0) is 81.3 Å². The molecular formula is C33H47ClN4O2. The molecule has 1 saturated heterocycles. The number of piperidine rings is 1. The van der Waals surface area contributed by atoms with E-state index in [4.69, 9.17) is 11.6 Å². The molecule has 0 unspecified atom stereocenters. The molecule has 4 rings (SSSR count). The maximum atomic E-state index is 13.8. The maximum Gasteiger partial charge on any atom is 0.237 e. The quantitative estimate of drug-likeness (QED) is 0.427. The van der Waals surface area contributed by atoms with Gasteiger partial charge in [0, 0.05) is 50.2 Å². The molecule has 0 N–H and O–H groups in total. The molecule has 0 atom stereocenters. The highest BCUT2D eigenvalue weighted by atomic mass is 35.5. The largest absolute Gasteiger partial charge is 0.336 e. The highest BCUT2D eigenvalue weighted by Gasteiger charge is 2.27. The van der Waals surface area contributed by atoms with Crippen LogP contribution in [0.2, 0.25) is 5.02 Å². The Morgan fingerprint density at radius 1 is 0.875 bits per heavy atom. The van der Waals surface area contributed by atoms with Gasteiger partial charge < -0.3 is 9.80 Å². The normalized spacial score (nSPS) is 18.6. The lowest BCUT2D eigenvalue weighted by molar-refractivity contribution is -0.133. The number of hydrogen-bond acceptors (Lipinski definition) is 4. The molecule has 6 nitrogen and oxygen atoms in total. The van der Waals surface area contributed by atoms with Gasteiger partial charge in [0.2, 0.25) is 11.8 Å². The summed E-state index contributed by atoms with van der Waals surface area (Å²) in [6, 6.07) is 16.9. The summed E-state index contributed by atoms with van der Waals surface area (Å²) in [6.45, 7) is 14.4. The fourth-order valence-electron chi connectivity index (χ4n) is 6.01. The van der Waals surface area contributed by atoms with Crippen molar-refractivity contribution in [3.63, 3.8) is 0 Å². The van der Waals surface area contributed by atoms with Gasteiger partial charge in [-0.1, -0.05) is 61.8 Å². The number of likely N-dealkylation sites (tertiary alicyclic amines) is 1. The third kappa shape index (κ3) is 8.31. The van der Waals surface area contributed by atoms with Gasteiger partial charge in [-0.3, -0.25) is 19.4 Å². The van der Waals surface area contributed by atoms with Crippen molar-refractivity contribution in [2.75, 3.05) is 50.7 Å². The number of carbonyl (C=O) groups excluding carboxylic acids is 2. The maximum absolute atomic E-state index is 13.8. The van der Waals surface area contributed by atoms with E-state index in [0.29, 0.717) is 49.6 Å². The predicted molar refractivity (Wildman–Crippen MR) is 165 cm³/mol.